The molecule has 0 spiro atoms. The molecular weight excluding hydrogens is 292 g/mol. The van der Waals surface area contributed by atoms with Gasteiger partial charge in [0.05, 0.1) is 8.07 Å². The van der Waals surface area contributed by atoms with E-state index in [1.165, 1.54) is 6.08 Å². The lowest BCUT2D eigenvalue weighted by molar-refractivity contribution is -0.129. The summed E-state index contributed by atoms with van der Waals surface area (Å²) >= 11 is 0. The normalized spacial score (nSPS) is 38.8. The van der Waals surface area contributed by atoms with Gasteiger partial charge in [-0.05, 0) is 29.5 Å². The lowest BCUT2D eigenvalue weighted by Gasteiger charge is -2.36. The highest BCUT2D eigenvalue weighted by Gasteiger charge is 2.63. The second-order valence-electron chi connectivity index (χ2n) is 9.06. The van der Waals surface area contributed by atoms with Crippen LogP contribution in [0.3, 0.4) is 0 Å². The van der Waals surface area contributed by atoms with E-state index in [1.54, 1.807) is 11.3 Å². The average Bonchev–Trinajstić information content (AvgIpc) is 2.86. The van der Waals surface area contributed by atoms with Crippen LogP contribution in [0.4, 0.5) is 0 Å². The number of ketones is 2. The van der Waals surface area contributed by atoms with E-state index in [9.17, 15) is 9.59 Å². The van der Waals surface area contributed by atoms with Crippen molar-refractivity contribution in [3.63, 3.8) is 0 Å². The Morgan fingerprint density at radius 3 is 1.81 bits per heavy atom. The SMILES string of the molecule is C[Si](C)(C)C1=C[C@H]2C([Si](C)(C)C)[C@@H]1[C@H]1C(=O)C=CC(=O)[C@H]12. The van der Waals surface area contributed by atoms with Crippen LogP contribution in [0.2, 0.25) is 44.8 Å². The van der Waals surface area contributed by atoms with Crippen molar-refractivity contribution in [2.45, 2.75) is 44.8 Å². The van der Waals surface area contributed by atoms with E-state index < -0.39 is 16.1 Å². The van der Waals surface area contributed by atoms with E-state index in [-0.39, 0.29) is 23.4 Å². The molecule has 0 N–H and O–H groups in total. The minimum atomic E-state index is -1.43. The molecule has 2 nitrogen and oxygen atoms in total. The zero-order valence-corrected chi connectivity index (χ0v) is 15.9. The highest BCUT2D eigenvalue weighted by molar-refractivity contribution is 6.84. The van der Waals surface area contributed by atoms with Gasteiger partial charge in [0.2, 0.25) is 0 Å². The first kappa shape index (κ1) is 15.2. The highest BCUT2D eigenvalue weighted by atomic mass is 28.3. The molecule has 0 aliphatic heterocycles. The third-order valence-electron chi connectivity index (χ3n) is 5.66. The van der Waals surface area contributed by atoms with Crippen LogP contribution < -0.4 is 0 Å². The van der Waals surface area contributed by atoms with Gasteiger partial charge in [-0.15, -0.1) is 0 Å². The van der Waals surface area contributed by atoms with Gasteiger partial charge < -0.3 is 0 Å². The summed E-state index contributed by atoms with van der Waals surface area (Å²) in [6.07, 6.45) is 5.52. The summed E-state index contributed by atoms with van der Waals surface area (Å²) in [7, 11) is -2.85. The van der Waals surface area contributed by atoms with Crippen molar-refractivity contribution in [3.8, 4) is 0 Å². The molecule has 3 aliphatic carbocycles. The Morgan fingerprint density at radius 1 is 0.810 bits per heavy atom. The number of carbonyl (C=O) groups is 2. The molecule has 0 heterocycles. The first-order chi connectivity index (χ1) is 9.53. The van der Waals surface area contributed by atoms with E-state index >= 15 is 0 Å². The van der Waals surface area contributed by atoms with Crippen molar-refractivity contribution in [2.75, 3.05) is 0 Å². The number of fused-ring (bicyclic) bond motifs is 5. The van der Waals surface area contributed by atoms with Gasteiger partial charge in [-0.1, -0.05) is 50.6 Å². The summed E-state index contributed by atoms with van der Waals surface area (Å²) in [4.78, 5) is 24.9. The minimum absolute atomic E-state index is 0.0454. The van der Waals surface area contributed by atoms with E-state index in [1.807, 2.05) is 0 Å². The predicted octanol–water partition coefficient (Wildman–Crippen LogP) is 3.70. The maximum absolute atomic E-state index is 12.5. The van der Waals surface area contributed by atoms with Crippen LogP contribution >= 0.6 is 0 Å². The molecule has 0 aromatic carbocycles. The second kappa shape index (κ2) is 4.38. The molecule has 5 atom stereocenters. The molecule has 0 aromatic rings. The first-order valence-corrected chi connectivity index (χ1v) is 15.1. The van der Waals surface area contributed by atoms with Crippen LogP contribution in [-0.4, -0.2) is 27.7 Å². The monoisotopic (exact) mass is 318 g/mol. The van der Waals surface area contributed by atoms with Crippen LogP contribution in [0, 0.1) is 23.7 Å². The Hall–Kier alpha value is -0.746. The molecule has 2 bridgehead atoms. The fraction of sp³-hybridized carbons (Fsp3) is 0.647. The summed E-state index contributed by atoms with van der Waals surface area (Å²) in [6, 6.07) is 0. The maximum atomic E-state index is 12.5. The zero-order valence-electron chi connectivity index (χ0n) is 13.9. The third kappa shape index (κ3) is 2.10. The number of hydrogen-bond donors (Lipinski definition) is 0. The molecule has 3 rings (SSSR count). The standard InChI is InChI=1S/C17H26O2Si2/c1-20(2,3)13-9-10-14-11(18)7-8-12(19)15(14)16(13)17(10)21(4,5)6/h7-10,14-17H,1-6H3/t10-,14-,15+,16+,17?/m1/s1. The fourth-order valence-electron chi connectivity index (χ4n) is 5.03. The molecule has 0 amide bonds. The van der Waals surface area contributed by atoms with Crippen molar-refractivity contribution >= 4 is 27.7 Å². The van der Waals surface area contributed by atoms with Gasteiger partial charge in [-0.2, -0.15) is 0 Å². The molecule has 1 unspecified atom stereocenters. The van der Waals surface area contributed by atoms with E-state index in [2.05, 4.69) is 45.4 Å². The Kier molecular flexibility index (Phi) is 3.17. The molecule has 3 aliphatic rings. The summed E-state index contributed by atoms with van der Waals surface area (Å²) < 4.78 is 0. The third-order valence-corrected chi connectivity index (χ3v) is 10.6. The molecule has 0 saturated heterocycles. The highest BCUT2D eigenvalue weighted by Crippen LogP contribution is 2.64. The van der Waals surface area contributed by atoms with Gasteiger partial charge in [0.1, 0.15) is 0 Å². The van der Waals surface area contributed by atoms with Gasteiger partial charge >= 0.3 is 0 Å². The molecular formula is C17H26O2Si2. The topological polar surface area (TPSA) is 34.1 Å². The number of allylic oxidation sites excluding steroid dienone is 4. The van der Waals surface area contributed by atoms with Crippen LogP contribution in [-0.2, 0) is 9.59 Å². The first-order valence-electron chi connectivity index (χ1n) is 8.01. The van der Waals surface area contributed by atoms with Crippen molar-refractivity contribution in [1.29, 1.82) is 0 Å². The van der Waals surface area contributed by atoms with Crippen molar-refractivity contribution in [2.24, 2.45) is 23.7 Å². The minimum Gasteiger partial charge on any atom is -0.294 e. The summed E-state index contributed by atoms with van der Waals surface area (Å²) in [5.74, 6) is 0.996. The Labute approximate surface area is 129 Å². The predicted molar refractivity (Wildman–Crippen MR) is 91.6 cm³/mol. The van der Waals surface area contributed by atoms with E-state index in [4.69, 9.17) is 0 Å². The number of rotatable bonds is 2. The largest absolute Gasteiger partial charge is 0.294 e. The lowest BCUT2D eigenvalue weighted by Crippen LogP contribution is -2.41. The Morgan fingerprint density at radius 2 is 1.33 bits per heavy atom. The van der Waals surface area contributed by atoms with Gasteiger partial charge in [0.15, 0.2) is 11.6 Å². The van der Waals surface area contributed by atoms with Crippen LogP contribution in [0.1, 0.15) is 0 Å². The molecule has 21 heavy (non-hydrogen) atoms. The van der Waals surface area contributed by atoms with Crippen LogP contribution in [0.15, 0.2) is 23.4 Å². The smallest absolute Gasteiger partial charge is 0.160 e. The molecule has 1 fully saturated rings. The molecule has 4 heteroatoms. The maximum Gasteiger partial charge on any atom is 0.160 e. The molecule has 1 saturated carbocycles. The summed E-state index contributed by atoms with van der Waals surface area (Å²) in [6.45, 7) is 14.3. The Bertz CT molecular complexity index is 575. The van der Waals surface area contributed by atoms with Gasteiger partial charge in [0, 0.05) is 19.9 Å². The van der Waals surface area contributed by atoms with E-state index in [0.29, 0.717) is 17.4 Å². The van der Waals surface area contributed by atoms with Crippen LogP contribution in [0.25, 0.3) is 0 Å². The van der Waals surface area contributed by atoms with Gasteiger partial charge in [-0.25, -0.2) is 0 Å². The Balaban J connectivity index is 2.14. The van der Waals surface area contributed by atoms with Gasteiger partial charge in [-0.3, -0.25) is 9.59 Å². The zero-order chi connectivity index (χ0) is 15.7. The second-order valence-corrected chi connectivity index (χ2v) is 19.5. The van der Waals surface area contributed by atoms with E-state index in [0.717, 1.165) is 0 Å². The van der Waals surface area contributed by atoms with Gasteiger partial charge in [0.25, 0.3) is 0 Å². The molecule has 0 aromatic heterocycles. The quantitative estimate of drug-likeness (QED) is 0.728. The average molecular weight is 319 g/mol. The number of hydrogen-bond acceptors (Lipinski definition) is 2. The van der Waals surface area contributed by atoms with Crippen molar-refractivity contribution in [1.82, 2.24) is 0 Å². The summed E-state index contributed by atoms with van der Waals surface area (Å²) in [5, 5.41) is 1.57. The molecule has 0 radical (unpaired) electrons. The molecule has 114 valence electrons. The summed E-state index contributed by atoms with van der Waals surface area (Å²) in [5.41, 5.74) is 0.571. The van der Waals surface area contributed by atoms with Crippen molar-refractivity contribution < 1.29 is 9.59 Å². The number of carbonyl (C=O) groups excluding carboxylic acids is 2. The fourth-order valence-corrected chi connectivity index (χ4v) is 10.2. The van der Waals surface area contributed by atoms with Crippen molar-refractivity contribution in [3.05, 3.63) is 23.4 Å². The lowest BCUT2D eigenvalue weighted by atomic mass is 9.75. The van der Waals surface area contributed by atoms with Crippen LogP contribution in [0.5, 0.6) is 0 Å².